The number of aryl methyl sites for hydroxylation is 2. The lowest BCUT2D eigenvalue weighted by Gasteiger charge is -2.22. The van der Waals surface area contributed by atoms with E-state index in [0.717, 1.165) is 29.8 Å². The third-order valence-corrected chi connectivity index (χ3v) is 5.79. The van der Waals surface area contributed by atoms with Gasteiger partial charge in [0.25, 0.3) is 0 Å². The molecule has 1 aromatic carbocycles. The smallest absolute Gasteiger partial charge is 0.0703 e. The first kappa shape index (κ1) is 19.4. The molecule has 0 bridgehead atoms. The van der Waals surface area contributed by atoms with E-state index in [1.165, 1.54) is 27.8 Å². The van der Waals surface area contributed by atoms with Crippen LogP contribution in [0.5, 0.6) is 0 Å². The Morgan fingerprint density at radius 3 is 2.44 bits per heavy atom. The fourth-order valence-electron chi connectivity index (χ4n) is 4.18. The topological polar surface area (TPSA) is 24.9 Å². The van der Waals surface area contributed by atoms with Crippen LogP contribution in [0, 0.1) is 19.8 Å². The third-order valence-electron chi connectivity index (χ3n) is 5.56. The minimum absolute atomic E-state index is 0.215. The number of allylic oxidation sites excluding steroid dienone is 3. The Hall–Kier alpha value is -2.32. The molecule has 27 heavy (non-hydrogen) atoms. The summed E-state index contributed by atoms with van der Waals surface area (Å²) in [5.74, 6) is 0.616. The highest BCUT2D eigenvalue weighted by molar-refractivity contribution is 6.30. The van der Waals surface area contributed by atoms with E-state index < -0.39 is 0 Å². The molecule has 3 heteroatoms. The van der Waals surface area contributed by atoms with Crippen LogP contribution in [0.2, 0.25) is 5.02 Å². The van der Waals surface area contributed by atoms with Crippen LogP contribution < -0.4 is 5.32 Å². The summed E-state index contributed by atoms with van der Waals surface area (Å²) in [5.41, 5.74) is 9.43. The normalized spacial score (nSPS) is 19.4. The summed E-state index contributed by atoms with van der Waals surface area (Å²) in [4.78, 5) is 4.46. The monoisotopic (exact) mass is 378 g/mol. The SMILES string of the molecule is C=C(CC1CC(=C)C(c2c(C)cc(-c3ccc(Cl)cn3)cc2C)C1=C)NC. The molecule has 1 fully saturated rings. The van der Waals surface area contributed by atoms with Crippen molar-refractivity contribution in [2.75, 3.05) is 7.05 Å². The molecule has 1 heterocycles. The highest BCUT2D eigenvalue weighted by Crippen LogP contribution is 2.49. The molecule has 0 aliphatic heterocycles. The second-order valence-corrected chi connectivity index (χ2v) is 7.95. The number of hydrogen-bond acceptors (Lipinski definition) is 2. The van der Waals surface area contributed by atoms with E-state index >= 15 is 0 Å². The summed E-state index contributed by atoms with van der Waals surface area (Å²) >= 11 is 5.97. The maximum absolute atomic E-state index is 5.97. The Morgan fingerprint density at radius 1 is 1.22 bits per heavy atom. The molecule has 1 aliphatic carbocycles. The minimum atomic E-state index is 0.215. The van der Waals surface area contributed by atoms with E-state index in [2.05, 4.69) is 56.0 Å². The van der Waals surface area contributed by atoms with Crippen LogP contribution >= 0.6 is 11.6 Å². The van der Waals surface area contributed by atoms with E-state index in [4.69, 9.17) is 11.6 Å². The van der Waals surface area contributed by atoms with Gasteiger partial charge in [-0.2, -0.15) is 0 Å². The van der Waals surface area contributed by atoms with Gasteiger partial charge in [-0.15, -0.1) is 0 Å². The second kappa shape index (κ2) is 7.74. The van der Waals surface area contributed by atoms with Gasteiger partial charge in [0, 0.05) is 30.4 Å². The summed E-state index contributed by atoms with van der Waals surface area (Å²) in [6.45, 7) is 17.2. The highest BCUT2D eigenvalue weighted by Gasteiger charge is 2.34. The van der Waals surface area contributed by atoms with Gasteiger partial charge in [-0.05, 0) is 73.6 Å². The molecule has 0 radical (unpaired) electrons. The molecule has 140 valence electrons. The van der Waals surface area contributed by atoms with Crippen molar-refractivity contribution in [3.05, 3.63) is 88.8 Å². The van der Waals surface area contributed by atoms with Crippen molar-refractivity contribution in [3.8, 4) is 11.3 Å². The maximum Gasteiger partial charge on any atom is 0.0703 e. The van der Waals surface area contributed by atoms with Gasteiger partial charge in [0.15, 0.2) is 0 Å². The summed E-state index contributed by atoms with van der Waals surface area (Å²) < 4.78 is 0. The van der Waals surface area contributed by atoms with E-state index in [1.54, 1.807) is 6.20 Å². The zero-order chi connectivity index (χ0) is 19.7. The Balaban J connectivity index is 1.95. The van der Waals surface area contributed by atoms with Crippen molar-refractivity contribution in [1.82, 2.24) is 10.3 Å². The lowest BCUT2D eigenvalue weighted by molar-refractivity contribution is 0.625. The molecule has 1 N–H and O–H groups in total. The van der Waals surface area contributed by atoms with Gasteiger partial charge in [0.1, 0.15) is 0 Å². The van der Waals surface area contributed by atoms with Crippen LogP contribution in [0.1, 0.15) is 35.4 Å². The molecular weight excluding hydrogens is 352 g/mol. The number of aromatic nitrogens is 1. The highest BCUT2D eigenvalue weighted by atomic mass is 35.5. The average molecular weight is 379 g/mol. The Bertz CT molecular complexity index is 885. The third kappa shape index (κ3) is 3.86. The fraction of sp³-hybridized carbons (Fsp3) is 0.292. The summed E-state index contributed by atoms with van der Waals surface area (Å²) in [6, 6.07) is 8.25. The number of hydrogen-bond donors (Lipinski definition) is 1. The van der Waals surface area contributed by atoms with Gasteiger partial charge in [-0.1, -0.05) is 42.5 Å². The molecule has 1 saturated carbocycles. The largest absolute Gasteiger partial charge is 0.392 e. The number of pyridine rings is 1. The Labute approximate surface area is 167 Å². The number of rotatable bonds is 5. The van der Waals surface area contributed by atoms with Crippen LogP contribution in [0.4, 0.5) is 0 Å². The number of halogens is 1. The number of nitrogens with zero attached hydrogens (tertiary/aromatic N) is 1. The Morgan fingerprint density at radius 2 is 1.89 bits per heavy atom. The zero-order valence-corrected chi connectivity index (χ0v) is 17.2. The van der Waals surface area contributed by atoms with Gasteiger partial charge in [0.05, 0.1) is 10.7 Å². The predicted molar refractivity (Wildman–Crippen MR) is 116 cm³/mol. The summed E-state index contributed by atoms with van der Waals surface area (Å²) in [5, 5.41) is 3.80. The van der Waals surface area contributed by atoms with Crippen molar-refractivity contribution in [2.45, 2.75) is 32.6 Å². The quantitative estimate of drug-likeness (QED) is 0.612. The molecule has 2 atom stereocenters. The first-order valence-corrected chi connectivity index (χ1v) is 9.64. The molecule has 2 aromatic rings. The molecule has 0 amide bonds. The molecule has 0 saturated heterocycles. The van der Waals surface area contributed by atoms with Crippen molar-refractivity contribution >= 4 is 11.6 Å². The first-order chi connectivity index (χ1) is 12.8. The maximum atomic E-state index is 5.97. The van der Waals surface area contributed by atoms with Crippen molar-refractivity contribution in [1.29, 1.82) is 0 Å². The number of benzene rings is 1. The van der Waals surface area contributed by atoms with E-state index in [-0.39, 0.29) is 5.92 Å². The first-order valence-electron chi connectivity index (χ1n) is 9.26. The van der Waals surface area contributed by atoms with Gasteiger partial charge < -0.3 is 5.32 Å². The van der Waals surface area contributed by atoms with Crippen molar-refractivity contribution in [2.24, 2.45) is 5.92 Å². The molecule has 0 spiro atoms. The van der Waals surface area contributed by atoms with E-state index in [1.807, 2.05) is 19.2 Å². The van der Waals surface area contributed by atoms with E-state index in [9.17, 15) is 0 Å². The van der Waals surface area contributed by atoms with Gasteiger partial charge in [0.2, 0.25) is 0 Å². The lowest BCUT2D eigenvalue weighted by atomic mass is 9.83. The molecule has 1 aliphatic rings. The predicted octanol–water partition coefficient (Wildman–Crippen LogP) is 6.36. The molecule has 2 unspecified atom stereocenters. The molecule has 3 rings (SSSR count). The van der Waals surface area contributed by atoms with Crippen LogP contribution in [-0.2, 0) is 0 Å². The standard InChI is InChI=1S/C24H27ClN2/c1-14-10-20(22-8-7-21(25)13-27-22)11-15(2)23(14)24-16(3)9-19(18(24)5)12-17(4)26-6/h7-8,10-11,13,19,24,26H,3-5,9,12H2,1-2,6H3. The fourth-order valence-corrected chi connectivity index (χ4v) is 4.29. The van der Waals surface area contributed by atoms with E-state index in [0.29, 0.717) is 10.9 Å². The van der Waals surface area contributed by atoms with Crippen LogP contribution in [0.25, 0.3) is 11.3 Å². The lowest BCUT2D eigenvalue weighted by Crippen LogP contribution is -2.10. The minimum Gasteiger partial charge on any atom is -0.392 e. The van der Waals surface area contributed by atoms with Crippen LogP contribution in [-0.4, -0.2) is 12.0 Å². The molecule has 1 aromatic heterocycles. The Kier molecular flexibility index (Phi) is 5.57. The summed E-state index contributed by atoms with van der Waals surface area (Å²) in [6.07, 6.45) is 3.58. The van der Waals surface area contributed by atoms with Crippen molar-refractivity contribution in [3.63, 3.8) is 0 Å². The second-order valence-electron chi connectivity index (χ2n) is 7.51. The van der Waals surface area contributed by atoms with Crippen molar-refractivity contribution < 1.29 is 0 Å². The number of nitrogens with one attached hydrogen (secondary N) is 1. The van der Waals surface area contributed by atoms with Gasteiger partial charge in [-0.3, -0.25) is 4.98 Å². The van der Waals surface area contributed by atoms with Crippen LogP contribution in [0.15, 0.2) is 67.0 Å². The molecular formula is C24H27ClN2. The summed E-state index contributed by atoms with van der Waals surface area (Å²) in [7, 11) is 1.92. The van der Waals surface area contributed by atoms with Crippen LogP contribution in [0.3, 0.4) is 0 Å². The average Bonchev–Trinajstić information content (AvgIpc) is 2.89. The van der Waals surface area contributed by atoms with Gasteiger partial charge >= 0.3 is 0 Å². The molecule has 2 nitrogen and oxygen atoms in total. The van der Waals surface area contributed by atoms with Gasteiger partial charge in [-0.25, -0.2) is 0 Å². The zero-order valence-electron chi connectivity index (χ0n) is 16.4.